The summed E-state index contributed by atoms with van der Waals surface area (Å²) in [7, 11) is -2.51. The number of ether oxygens (including phenoxy) is 1. The summed E-state index contributed by atoms with van der Waals surface area (Å²) < 4.78 is 32.9. The lowest BCUT2D eigenvalue weighted by atomic mass is 9.99. The fourth-order valence-corrected chi connectivity index (χ4v) is 4.85. The lowest BCUT2D eigenvalue weighted by Crippen LogP contribution is -2.38. The Balaban J connectivity index is 2.22. The molecule has 0 spiro atoms. The van der Waals surface area contributed by atoms with E-state index in [2.05, 4.69) is 0 Å². The molecule has 0 N–H and O–H groups in total. The number of nitrogens with zero attached hydrogens (tertiary/aromatic N) is 1. The van der Waals surface area contributed by atoms with Crippen LogP contribution in [0.25, 0.3) is 0 Å². The zero-order valence-corrected chi connectivity index (χ0v) is 14.8. The van der Waals surface area contributed by atoms with Crippen molar-refractivity contribution in [3.8, 4) is 5.75 Å². The molecule has 0 fully saturated rings. The number of rotatable bonds is 3. The molecule has 0 bridgehead atoms. The number of methoxy groups -OCH3 is 1. The standard InChI is InChI=1S/C17H16ClNO4S/c1-11-4-3-5-13-14(20)8-9-19(17(11)13)24(21,22)16-10-12(18)6-7-15(16)23-2/h3-7,10H,8-9H2,1-2H3. The first-order valence-corrected chi connectivity index (χ1v) is 9.17. The van der Waals surface area contributed by atoms with E-state index in [0.29, 0.717) is 16.3 Å². The molecule has 7 heteroatoms. The normalized spacial score (nSPS) is 14.5. The molecule has 1 aliphatic heterocycles. The molecule has 0 saturated carbocycles. The van der Waals surface area contributed by atoms with E-state index in [1.54, 1.807) is 31.2 Å². The third-order valence-corrected chi connectivity index (χ3v) is 6.08. The molecule has 0 amide bonds. The summed E-state index contributed by atoms with van der Waals surface area (Å²) in [5.74, 6) is 0.157. The van der Waals surface area contributed by atoms with Gasteiger partial charge in [0.15, 0.2) is 5.78 Å². The molecular weight excluding hydrogens is 350 g/mol. The van der Waals surface area contributed by atoms with Crippen LogP contribution in [0.1, 0.15) is 22.3 Å². The molecule has 0 atom stereocenters. The van der Waals surface area contributed by atoms with Gasteiger partial charge in [-0.3, -0.25) is 9.10 Å². The molecule has 126 valence electrons. The second kappa shape index (κ2) is 6.11. The van der Waals surface area contributed by atoms with Gasteiger partial charge in [-0.2, -0.15) is 0 Å². The number of carbonyl (C=O) groups is 1. The highest BCUT2D eigenvalue weighted by Crippen LogP contribution is 2.37. The zero-order valence-electron chi connectivity index (χ0n) is 13.2. The Kier molecular flexibility index (Phi) is 4.27. The second-order valence-corrected chi connectivity index (χ2v) is 7.78. The average molecular weight is 366 g/mol. The van der Waals surface area contributed by atoms with E-state index >= 15 is 0 Å². The summed E-state index contributed by atoms with van der Waals surface area (Å²) in [6, 6.07) is 9.64. The van der Waals surface area contributed by atoms with Crippen molar-refractivity contribution in [2.24, 2.45) is 0 Å². The van der Waals surface area contributed by atoms with Gasteiger partial charge in [-0.05, 0) is 36.8 Å². The molecule has 24 heavy (non-hydrogen) atoms. The van der Waals surface area contributed by atoms with Crippen molar-refractivity contribution in [3.05, 3.63) is 52.5 Å². The highest BCUT2D eigenvalue weighted by molar-refractivity contribution is 7.93. The van der Waals surface area contributed by atoms with Gasteiger partial charge in [-0.15, -0.1) is 0 Å². The highest BCUT2D eigenvalue weighted by Gasteiger charge is 2.35. The number of anilines is 1. The Morgan fingerprint density at radius 3 is 2.67 bits per heavy atom. The maximum Gasteiger partial charge on any atom is 0.268 e. The van der Waals surface area contributed by atoms with E-state index < -0.39 is 10.0 Å². The number of halogens is 1. The monoisotopic (exact) mass is 365 g/mol. The van der Waals surface area contributed by atoms with E-state index in [1.807, 2.05) is 0 Å². The second-order valence-electron chi connectivity index (χ2n) is 5.52. The summed E-state index contributed by atoms with van der Waals surface area (Å²) in [5, 5.41) is 0.299. The molecule has 2 aromatic carbocycles. The minimum absolute atomic E-state index is 0.0129. The van der Waals surface area contributed by atoms with E-state index in [1.165, 1.54) is 23.5 Å². The van der Waals surface area contributed by atoms with Crippen molar-refractivity contribution < 1.29 is 17.9 Å². The topological polar surface area (TPSA) is 63.7 Å². The average Bonchev–Trinajstić information content (AvgIpc) is 2.55. The van der Waals surface area contributed by atoms with Crippen molar-refractivity contribution in [2.75, 3.05) is 18.0 Å². The van der Waals surface area contributed by atoms with Gasteiger partial charge in [-0.1, -0.05) is 23.7 Å². The molecule has 2 aromatic rings. The molecule has 0 aliphatic carbocycles. The molecule has 1 heterocycles. The van der Waals surface area contributed by atoms with Crippen LogP contribution >= 0.6 is 11.6 Å². The first-order valence-electron chi connectivity index (χ1n) is 7.35. The Labute approximate surface area is 145 Å². The van der Waals surface area contributed by atoms with Crippen LogP contribution in [0.4, 0.5) is 5.69 Å². The van der Waals surface area contributed by atoms with Crippen LogP contribution in [0.15, 0.2) is 41.3 Å². The quantitative estimate of drug-likeness (QED) is 0.835. The number of sulfonamides is 1. The number of Topliss-reactive ketones (excluding diaryl/α,β-unsaturated/α-hetero) is 1. The Morgan fingerprint density at radius 1 is 1.21 bits per heavy atom. The molecule has 0 saturated heterocycles. The number of hydrogen-bond acceptors (Lipinski definition) is 4. The van der Waals surface area contributed by atoms with Crippen molar-refractivity contribution in [3.63, 3.8) is 0 Å². The fraction of sp³-hybridized carbons (Fsp3) is 0.235. The van der Waals surface area contributed by atoms with Gasteiger partial charge in [0.25, 0.3) is 10.0 Å². The van der Waals surface area contributed by atoms with Crippen molar-refractivity contribution >= 4 is 33.1 Å². The lowest BCUT2D eigenvalue weighted by Gasteiger charge is -2.31. The third-order valence-electron chi connectivity index (χ3n) is 4.02. The van der Waals surface area contributed by atoms with Crippen LogP contribution in [-0.2, 0) is 10.0 Å². The number of ketones is 1. The molecule has 5 nitrogen and oxygen atoms in total. The van der Waals surface area contributed by atoms with Gasteiger partial charge in [0, 0.05) is 23.6 Å². The Morgan fingerprint density at radius 2 is 1.96 bits per heavy atom. The van der Waals surface area contributed by atoms with Crippen molar-refractivity contribution in [2.45, 2.75) is 18.2 Å². The van der Waals surface area contributed by atoms with Gasteiger partial charge >= 0.3 is 0 Å². The molecular formula is C17H16ClNO4S. The number of fused-ring (bicyclic) bond motifs is 1. The fourth-order valence-electron chi connectivity index (χ4n) is 2.88. The summed E-state index contributed by atoms with van der Waals surface area (Å²) in [4.78, 5) is 12.1. The predicted molar refractivity (Wildman–Crippen MR) is 92.7 cm³/mol. The summed E-state index contributed by atoms with van der Waals surface area (Å²) in [6.07, 6.45) is 0.137. The molecule has 1 aliphatic rings. The number of aryl methyl sites for hydroxylation is 1. The smallest absolute Gasteiger partial charge is 0.268 e. The minimum Gasteiger partial charge on any atom is -0.495 e. The minimum atomic E-state index is -3.91. The first-order chi connectivity index (χ1) is 11.4. The van der Waals surface area contributed by atoms with Crippen molar-refractivity contribution in [1.29, 1.82) is 0 Å². The number of hydrogen-bond donors (Lipinski definition) is 0. The van der Waals surface area contributed by atoms with Crippen LogP contribution in [0.5, 0.6) is 5.75 Å². The van der Waals surface area contributed by atoms with E-state index in [9.17, 15) is 13.2 Å². The van der Waals surface area contributed by atoms with Crippen molar-refractivity contribution in [1.82, 2.24) is 0 Å². The number of para-hydroxylation sites is 1. The SMILES string of the molecule is COc1ccc(Cl)cc1S(=O)(=O)N1CCC(=O)c2cccc(C)c21. The van der Waals surface area contributed by atoms with E-state index in [0.717, 1.165) is 5.56 Å². The molecule has 0 radical (unpaired) electrons. The largest absolute Gasteiger partial charge is 0.495 e. The van der Waals surface area contributed by atoms with Crippen LogP contribution in [-0.4, -0.2) is 27.9 Å². The van der Waals surface area contributed by atoms with Crippen LogP contribution in [0.3, 0.4) is 0 Å². The first kappa shape index (κ1) is 16.8. The summed E-state index contributed by atoms with van der Waals surface area (Å²) >= 11 is 5.98. The van der Waals surface area contributed by atoms with Crippen LogP contribution < -0.4 is 9.04 Å². The number of carbonyl (C=O) groups excluding carboxylic acids is 1. The van der Waals surface area contributed by atoms with Gasteiger partial charge in [0.1, 0.15) is 10.6 Å². The van der Waals surface area contributed by atoms with Crippen LogP contribution in [0.2, 0.25) is 5.02 Å². The lowest BCUT2D eigenvalue weighted by molar-refractivity contribution is 0.0982. The Hall–Kier alpha value is -2.05. The van der Waals surface area contributed by atoms with Crippen LogP contribution in [0, 0.1) is 6.92 Å². The maximum atomic E-state index is 13.2. The summed E-state index contributed by atoms with van der Waals surface area (Å²) in [6.45, 7) is 1.88. The van der Waals surface area contributed by atoms with Gasteiger partial charge < -0.3 is 4.74 Å². The maximum absolute atomic E-state index is 13.2. The van der Waals surface area contributed by atoms with Gasteiger partial charge in [0.05, 0.1) is 12.8 Å². The Bertz CT molecular complexity index is 924. The zero-order chi connectivity index (χ0) is 17.5. The summed E-state index contributed by atoms with van der Waals surface area (Å²) in [5.41, 5.74) is 1.58. The third kappa shape index (κ3) is 2.65. The van der Waals surface area contributed by atoms with E-state index in [-0.39, 0.29) is 29.4 Å². The number of benzene rings is 2. The molecule has 0 unspecified atom stereocenters. The van der Waals surface area contributed by atoms with Gasteiger partial charge in [0.2, 0.25) is 0 Å². The predicted octanol–water partition coefficient (Wildman–Crippen LogP) is 3.44. The molecule has 0 aromatic heterocycles. The van der Waals surface area contributed by atoms with E-state index in [4.69, 9.17) is 16.3 Å². The highest BCUT2D eigenvalue weighted by atomic mass is 35.5. The van der Waals surface area contributed by atoms with Gasteiger partial charge in [-0.25, -0.2) is 8.42 Å². The molecule has 3 rings (SSSR count).